The highest BCUT2D eigenvalue weighted by Crippen LogP contribution is 2.13. The van der Waals surface area contributed by atoms with Crippen LogP contribution in [0.1, 0.15) is 43.0 Å². The molecule has 1 aliphatic rings. The van der Waals surface area contributed by atoms with Crippen LogP contribution in [0.25, 0.3) is 0 Å². The molecule has 2 rings (SSSR count). The highest BCUT2D eigenvalue weighted by atomic mass is 32.1. The second kappa shape index (κ2) is 10.6. The van der Waals surface area contributed by atoms with E-state index < -0.39 is 0 Å². The summed E-state index contributed by atoms with van der Waals surface area (Å²) in [4.78, 5) is 13.0. The topological polar surface area (TPSA) is 52.6 Å². The predicted octanol–water partition coefficient (Wildman–Crippen LogP) is 2.29. The highest BCUT2D eigenvalue weighted by Gasteiger charge is 2.10. The molecule has 1 aromatic heterocycles. The molecule has 0 aromatic carbocycles. The Morgan fingerprint density at radius 2 is 2.13 bits per heavy atom. The van der Waals surface area contributed by atoms with Gasteiger partial charge in [-0.05, 0) is 52.2 Å². The summed E-state index contributed by atoms with van der Waals surface area (Å²) in [5, 5.41) is 7.95. The van der Waals surface area contributed by atoms with Gasteiger partial charge in [0.05, 0.1) is 5.01 Å². The van der Waals surface area contributed by atoms with E-state index in [1.165, 1.54) is 42.4 Å². The molecule has 0 spiro atoms. The first-order valence-electron chi connectivity index (χ1n) is 9.00. The summed E-state index contributed by atoms with van der Waals surface area (Å²) in [5.74, 6) is 0.932. The first-order chi connectivity index (χ1) is 11.3. The van der Waals surface area contributed by atoms with Crippen LogP contribution in [-0.4, -0.2) is 55.1 Å². The maximum Gasteiger partial charge on any atom is 0.191 e. The van der Waals surface area contributed by atoms with Crippen LogP contribution in [0.3, 0.4) is 0 Å². The lowest BCUT2D eigenvalue weighted by atomic mass is 10.4. The zero-order chi connectivity index (χ0) is 16.3. The van der Waals surface area contributed by atoms with Gasteiger partial charge >= 0.3 is 0 Å². The molecule has 1 saturated heterocycles. The van der Waals surface area contributed by atoms with E-state index in [1.807, 2.05) is 17.5 Å². The van der Waals surface area contributed by atoms with Gasteiger partial charge in [0.1, 0.15) is 0 Å². The van der Waals surface area contributed by atoms with E-state index in [9.17, 15) is 0 Å². The third-order valence-corrected chi connectivity index (χ3v) is 5.23. The fourth-order valence-electron chi connectivity index (χ4n) is 2.75. The van der Waals surface area contributed by atoms with E-state index in [4.69, 9.17) is 0 Å². The quantitative estimate of drug-likeness (QED) is 0.412. The van der Waals surface area contributed by atoms with Crippen molar-refractivity contribution in [2.45, 2.75) is 46.0 Å². The van der Waals surface area contributed by atoms with Gasteiger partial charge in [0.25, 0.3) is 0 Å². The van der Waals surface area contributed by atoms with Gasteiger partial charge < -0.3 is 15.5 Å². The molecule has 0 amide bonds. The third kappa shape index (κ3) is 6.87. The Labute approximate surface area is 144 Å². The number of guanidine groups is 1. The molecular weight excluding hydrogens is 306 g/mol. The highest BCUT2D eigenvalue weighted by molar-refractivity contribution is 7.11. The number of aliphatic imine (C=N–C) groups is 1. The Balaban J connectivity index is 1.66. The molecule has 0 unspecified atom stereocenters. The molecular formula is C17H31N5S. The molecule has 130 valence electrons. The molecule has 2 heterocycles. The van der Waals surface area contributed by atoms with Crippen molar-refractivity contribution in [2.75, 3.05) is 39.3 Å². The van der Waals surface area contributed by atoms with Crippen LogP contribution >= 0.6 is 11.3 Å². The van der Waals surface area contributed by atoms with E-state index in [0.717, 1.165) is 44.9 Å². The molecule has 0 bridgehead atoms. The first-order valence-corrected chi connectivity index (χ1v) is 9.81. The monoisotopic (exact) mass is 337 g/mol. The number of thiazole rings is 1. The largest absolute Gasteiger partial charge is 0.357 e. The average Bonchev–Trinajstić information content (AvgIpc) is 3.23. The van der Waals surface area contributed by atoms with Gasteiger partial charge in [-0.25, -0.2) is 4.98 Å². The summed E-state index contributed by atoms with van der Waals surface area (Å²) in [6.07, 6.45) is 7.91. The molecule has 23 heavy (non-hydrogen) atoms. The standard InChI is InChI=1S/C17H31N5S/c1-3-15-14-21-16(23-15)8-10-20-17(18-4-2)19-9-7-13-22-11-5-6-12-22/h14H,3-13H2,1-2H3,(H2,18,19,20). The van der Waals surface area contributed by atoms with Crippen LogP contribution < -0.4 is 10.6 Å². The molecule has 0 saturated carbocycles. The Morgan fingerprint density at radius 3 is 2.83 bits per heavy atom. The first kappa shape index (κ1) is 18.2. The van der Waals surface area contributed by atoms with Crippen LogP contribution in [0.15, 0.2) is 11.2 Å². The average molecular weight is 338 g/mol. The van der Waals surface area contributed by atoms with Gasteiger partial charge in [0, 0.05) is 37.1 Å². The summed E-state index contributed by atoms with van der Waals surface area (Å²) < 4.78 is 0. The molecule has 0 radical (unpaired) electrons. The van der Waals surface area contributed by atoms with Gasteiger partial charge in [0.15, 0.2) is 5.96 Å². The number of rotatable bonds is 9. The zero-order valence-corrected chi connectivity index (χ0v) is 15.4. The number of nitrogens with one attached hydrogen (secondary N) is 2. The second-order valence-electron chi connectivity index (χ2n) is 5.91. The Bertz CT molecular complexity index is 465. The lowest BCUT2D eigenvalue weighted by Crippen LogP contribution is -2.38. The fraction of sp³-hybridized carbons (Fsp3) is 0.765. The van der Waals surface area contributed by atoms with E-state index in [0.29, 0.717) is 0 Å². The molecule has 1 fully saturated rings. The van der Waals surface area contributed by atoms with Crippen molar-refractivity contribution in [3.8, 4) is 0 Å². The van der Waals surface area contributed by atoms with E-state index in [-0.39, 0.29) is 0 Å². The minimum absolute atomic E-state index is 0.884. The van der Waals surface area contributed by atoms with Gasteiger partial charge in [-0.15, -0.1) is 11.3 Å². The maximum atomic E-state index is 4.68. The second-order valence-corrected chi connectivity index (χ2v) is 7.11. The molecule has 0 atom stereocenters. The molecule has 2 N–H and O–H groups in total. The van der Waals surface area contributed by atoms with Gasteiger partial charge in [0.2, 0.25) is 0 Å². The number of hydrogen-bond donors (Lipinski definition) is 2. The van der Waals surface area contributed by atoms with Gasteiger partial charge in [-0.2, -0.15) is 0 Å². The summed E-state index contributed by atoms with van der Waals surface area (Å²) in [6.45, 7) is 10.7. The van der Waals surface area contributed by atoms with E-state index in [2.05, 4.69) is 39.4 Å². The van der Waals surface area contributed by atoms with Crippen molar-refractivity contribution in [3.63, 3.8) is 0 Å². The number of hydrogen-bond acceptors (Lipinski definition) is 4. The minimum Gasteiger partial charge on any atom is -0.357 e. The van der Waals surface area contributed by atoms with Crippen molar-refractivity contribution in [2.24, 2.45) is 4.99 Å². The summed E-state index contributed by atoms with van der Waals surface area (Å²) >= 11 is 1.82. The van der Waals surface area contributed by atoms with Crippen LogP contribution in [0.4, 0.5) is 0 Å². The van der Waals surface area contributed by atoms with Crippen LogP contribution in [0, 0.1) is 0 Å². The van der Waals surface area contributed by atoms with Crippen LogP contribution in [0.5, 0.6) is 0 Å². The summed E-state index contributed by atoms with van der Waals surface area (Å²) in [7, 11) is 0. The summed E-state index contributed by atoms with van der Waals surface area (Å²) in [6, 6.07) is 0. The Kier molecular flexibility index (Phi) is 8.39. The SMILES string of the molecule is CCNC(=NCCCN1CCCC1)NCCc1ncc(CC)s1. The molecule has 5 nitrogen and oxygen atoms in total. The Morgan fingerprint density at radius 1 is 1.30 bits per heavy atom. The number of aromatic nitrogens is 1. The van der Waals surface area contributed by atoms with E-state index >= 15 is 0 Å². The molecule has 6 heteroatoms. The summed E-state index contributed by atoms with van der Waals surface area (Å²) in [5.41, 5.74) is 0. The minimum atomic E-state index is 0.884. The van der Waals surface area contributed by atoms with Gasteiger partial charge in [-0.3, -0.25) is 4.99 Å². The molecule has 1 aliphatic heterocycles. The van der Waals surface area contributed by atoms with Crippen molar-refractivity contribution in [1.82, 2.24) is 20.5 Å². The molecule has 0 aliphatic carbocycles. The maximum absolute atomic E-state index is 4.68. The van der Waals surface area contributed by atoms with Crippen molar-refractivity contribution in [1.29, 1.82) is 0 Å². The zero-order valence-electron chi connectivity index (χ0n) is 14.6. The fourth-order valence-corrected chi connectivity index (χ4v) is 3.61. The normalized spacial score (nSPS) is 16.0. The van der Waals surface area contributed by atoms with Gasteiger partial charge in [-0.1, -0.05) is 6.92 Å². The Hall–Kier alpha value is -1.14. The number of likely N-dealkylation sites (tertiary alicyclic amines) is 1. The lowest BCUT2D eigenvalue weighted by Gasteiger charge is -2.14. The number of nitrogens with zero attached hydrogens (tertiary/aromatic N) is 3. The van der Waals surface area contributed by atoms with Crippen molar-refractivity contribution < 1.29 is 0 Å². The van der Waals surface area contributed by atoms with Crippen LogP contribution in [0.2, 0.25) is 0 Å². The van der Waals surface area contributed by atoms with Crippen molar-refractivity contribution in [3.05, 3.63) is 16.1 Å². The smallest absolute Gasteiger partial charge is 0.191 e. The van der Waals surface area contributed by atoms with Crippen LogP contribution in [-0.2, 0) is 12.8 Å². The lowest BCUT2D eigenvalue weighted by molar-refractivity contribution is 0.336. The predicted molar refractivity (Wildman–Crippen MR) is 99.5 cm³/mol. The van der Waals surface area contributed by atoms with Crippen molar-refractivity contribution >= 4 is 17.3 Å². The van der Waals surface area contributed by atoms with E-state index in [1.54, 1.807) is 0 Å². The number of aryl methyl sites for hydroxylation is 1. The third-order valence-electron chi connectivity index (χ3n) is 4.03. The molecule has 1 aromatic rings.